The van der Waals surface area contributed by atoms with Gasteiger partial charge >= 0.3 is 0 Å². The molecule has 1 atom stereocenters. The number of hydrogen-bond donors (Lipinski definition) is 1. The van der Waals surface area contributed by atoms with E-state index in [0.29, 0.717) is 6.04 Å². The van der Waals surface area contributed by atoms with E-state index < -0.39 is 0 Å². The van der Waals surface area contributed by atoms with Crippen LogP contribution in [-0.2, 0) is 0 Å². The zero-order valence-corrected chi connectivity index (χ0v) is 13.6. The molecular formula is C14H21BrClFN2. The van der Waals surface area contributed by atoms with Gasteiger partial charge in [0.05, 0.1) is 0 Å². The van der Waals surface area contributed by atoms with Gasteiger partial charge in [0, 0.05) is 36.7 Å². The van der Waals surface area contributed by atoms with Crippen LogP contribution in [0.2, 0.25) is 0 Å². The van der Waals surface area contributed by atoms with Crippen molar-refractivity contribution in [2.24, 2.45) is 0 Å². The van der Waals surface area contributed by atoms with Gasteiger partial charge in [-0.2, -0.15) is 0 Å². The molecule has 1 aliphatic rings. The Bertz CT molecular complexity index is 377. The van der Waals surface area contributed by atoms with Crippen LogP contribution in [0.4, 0.5) is 4.39 Å². The Balaban J connectivity index is 0.00000180. The van der Waals surface area contributed by atoms with Crippen molar-refractivity contribution in [2.75, 3.05) is 26.2 Å². The molecule has 2 nitrogen and oxygen atoms in total. The van der Waals surface area contributed by atoms with E-state index in [0.717, 1.165) is 49.1 Å². The maximum atomic E-state index is 13.5. The fourth-order valence-corrected chi connectivity index (χ4v) is 3.08. The van der Waals surface area contributed by atoms with Crippen LogP contribution in [0, 0.1) is 5.82 Å². The first-order valence-electron chi connectivity index (χ1n) is 6.61. The van der Waals surface area contributed by atoms with Crippen molar-refractivity contribution in [3.8, 4) is 0 Å². The Labute approximate surface area is 129 Å². The molecule has 108 valence electrons. The third kappa shape index (κ3) is 4.71. The predicted octanol–water partition coefficient (Wildman–Crippen LogP) is 3.76. The summed E-state index contributed by atoms with van der Waals surface area (Å²) in [5.41, 5.74) is 1.09. The molecule has 1 heterocycles. The fraction of sp³-hybridized carbons (Fsp3) is 0.571. The lowest BCUT2D eigenvalue weighted by Crippen LogP contribution is -2.45. The van der Waals surface area contributed by atoms with E-state index in [9.17, 15) is 4.39 Å². The minimum Gasteiger partial charge on any atom is -0.314 e. The van der Waals surface area contributed by atoms with Crippen LogP contribution in [0.15, 0.2) is 22.7 Å². The summed E-state index contributed by atoms with van der Waals surface area (Å²) in [4.78, 5) is 2.46. The Morgan fingerprint density at radius 2 is 2.00 bits per heavy atom. The van der Waals surface area contributed by atoms with Gasteiger partial charge in [-0.3, -0.25) is 4.90 Å². The van der Waals surface area contributed by atoms with Gasteiger partial charge in [0.2, 0.25) is 0 Å². The molecular weight excluding hydrogens is 331 g/mol. The van der Waals surface area contributed by atoms with Crippen LogP contribution in [0.1, 0.15) is 31.4 Å². The largest absolute Gasteiger partial charge is 0.314 e. The SMILES string of the molecule is CCC[C@H](c1cc(F)cc(Br)c1)N1CCNCC1.Cl. The number of hydrogen-bond acceptors (Lipinski definition) is 2. The van der Waals surface area contributed by atoms with Gasteiger partial charge in [0.25, 0.3) is 0 Å². The topological polar surface area (TPSA) is 15.3 Å². The number of benzene rings is 1. The highest BCUT2D eigenvalue weighted by atomic mass is 79.9. The van der Waals surface area contributed by atoms with Gasteiger partial charge < -0.3 is 5.32 Å². The van der Waals surface area contributed by atoms with E-state index in [2.05, 4.69) is 33.1 Å². The molecule has 0 bridgehead atoms. The zero-order chi connectivity index (χ0) is 13.0. The summed E-state index contributed by atoms with van der Waals surface area (Å²) < 4.78 is 14.4. The van der Waals surface area contributed by atoms with Crippen molar-refractivity contribution >= 4 is 28.3 Å². The van der Waals surface area contributed by atoms with E-state index >= 15 is 0 Å². The van der Waals surface area contributed by atoms with Crippen molar-refractivity contribution in [2.45, 2.75) is 25.8 Å². The maximum Gasteiger partial charge on any atom is 0.124 e. The van der Waals surface area contributed by atoms with Crippen molar-refractivity contribution in [1.29, 1.82) is 0 Å². The monoisotopic (exact) mass is 350 g/mol. The first-order valence-corrected chi connectivity index (χ1v) is 7.40. The van der Waals surface area contributed by atoms with Crippen LogP contribution in [0.25, 0.3) is 0 Å². The Morgan fingerprint density at radius 1 is 1.32 bits per heavy atom. The summed E-state index contributed by atoms with van der Waals surface area (Å²) in [7, 11) is 0. The molecule has 1 aromatic rings. The van der Waals surface area contributed by atoms with Crippen molar-refractivity contribution in [1.82, 2.24) is 10.2 Å². The normalized spacial score (nSPS) is 17.8. The van der Waals surface area contributed by atoms with E-state index in [1.54, 1.807) is 6.07 Å². The van der Waals surface area contributed by atoms with E-state index in [1.165, 1.54) is 6.07 Å². The molecule has 1 N–H and O–H groups in total. The summed E-state index contributed by atoms with van der Waals surface area (Å²) in [6, 6.07) is 5.58. The van der Waals surface area contributed by atoms with E-state index in [-0.39, 0.29) is 18.2 Å². The van der Waals surface area contributed by atoms with Gasteiger partial charge in [-0.1, -0.05) is 29.3 Å². The lowest BCUT2D eigenvalue weighted by Gasteiger charge is -2.35. The smallest absolute Gasteiger partial charge is 0.124 e. The van der Waals surface area contributed by atoms with Crippen LogP contribution >= 0.6 is 28.3 Å². The number of halogens is 3. The lowest BCUT2D eigenvalue weighted by atomic mass is 10.00. The molecule has 0 aliphatic carbocycles. The standard InChI is InChI=1S/C14H20BrFN2.ClH/c1-2-3-14(18-6-4-17-5-7-18)11-8-12(15)10-13(16)9-11;/h8-10,14,17H,2-7H2,1H3;1H/t14-;/m1./s1. The van der Waals surface area contributed by atoms with Gasteiger partial charge in [-0.15, -0.1) is 12.4 Å². The summed E-state index contributed by atoms with van der Waals surface area (Å²) >= 11 is 3.39. The minimum atomic E-state index is -0.157. The highest BCUT2D eigenvalue weighted by Gasteiger charge is 2.22. The molecule has 0 amide bonds. The second-order valence-corrected chi connectivity index (χ2v) is 5.71. The predicted molar refractivity (Wildman–Crippen MR) is 83.4 cm³/mol. The molecule has 0 saturated carbocycles. The fourth-order valence-electron chi connectivity index (χ4n) is 2.59. The van der Waals surface area contributed by atoms with Gasteiger partial charge in [0.15, 0.2) is 0 Å². The van der Waals surface area contributed by atoms with Crippen molar-refractivity contribution in [3.63, 3.8) is 0 Å². The Morgan fingerprint density at radius 3 is 2.58 bits per heavy atom. The molecule has 19 heavy (non-hydrogen) atoms. The highest BCUT2D eigenvalue weighted by Crippen LogP contribution is 2.28. The van der Waals surface area contributed by atoms with E-state index in [1.807, 2.05) is 6.07 Å². The van der Waals surface area contributed by atoms with Crippen LogP contribution in [0.3, 0.4) is 0 Å². The Hall–Kier alpha value is -0.160. The molecule has 0 radical (unpaired) electrons. The molecule has 1 aliphatic heterocycles. The molecule has 1 fully saturated rings. The molecule has 0 spiro atoms. The third-order valence-corrected chi connectivity index (χ3v) is 3.88. The van der Waals surface area contributed by atoms with E-state index in [4.69, 9.17) is 0 Å². The Kier molecular flexibility index (Phi) is 7.29. The van der Waals surface area contributed by atoms with Crippen LogP contribution < -0.4 is 5.32 Å². The van der Waals surface area contributed by atoms with Gasteiger partial charge in [-0.05, 0) is 30.2 Å². The van der Waals surface area contributed by atoms with Crippen molar-refractivity contribution < 1.29 is 4.39 Å². The number of nitrogens with one attached hydrogen (secondary N) is 1. The third-order valence-electron chi connectivity index (χ3n) is 3.42. The second-order valence-electron chi connectivity index (χ2n) is 4.79. The molecule has 2 rings (SSSR count). The quantitative estimate of drug-likeness (QED) is 0.888. The average molecular weight is 352 g/mol. The van der Waals surface area contributed by atoms with Crippen LogP contribution in [-0.4, -0.2) is 31.1 Å². The summed E-state index contributed by atoms with van der Waals surface area (Å²) in [5.74, 6) is -0.157. The molecule has 0 unspecified atom stereocenters. The molecule has 5 heteroatoms. The summed E-state index contributed by atoms with van der Waals surface area (Å²) in [6.45, 7) is 6.31. The highest BCUT2D eigenvalue weighted by molar-refractivity contribution is 9.10. The molecule has 1 aromatic carbocycles. The summed E-state index contributed by atoms with van der Waals surface area (Å²) in [6.07, 6.45) is 2.19. The first-order chi connectivity index (χ1) is 8.70. The minimum absolute atomic E-state index is 0. The second kappa shape index (κ2) is 8.20. The number of rotatable bonds is 4. The number of nitrogens with zero attached hydrogens (tertiary/aromatic N) is 1. The summed E-state index contributed by atoms with van der Waals surface area (Å²) in [5, 5.41) is 3.36. The number of piperazine rings is 1. The first kappa shape index (κ1) is 16.9. The van der Waals surface area contributed by atoms with Gasteiger partial charge in [0.1, 0.15) is 5.82 Å². The maximum absolute atomic E-state index is 13.5. The lowest BCUT2D eigenvalue weighted by molar-refractivity contribution is 0.164. The van der Waals surface area contributed by atoms with Gasteiger partial charge in [-0.25, -0.2) is 4.39 Å². The molecule has 1 saturated heterocycles. The molecule has 0 aromatic heterocycles. The van der Waals surface area contributed by atoms with Crippen LogP contribution in [0.5, 0.6) is 0 Å². The van der Waals surface area contributed by atoms with Crippen molar-refractivity contribution in [3.05, 3.63) is 34.1 Å². The zero-order valence-electron chi connectivity index (χ0n) is 11.2. The average Bonchev–Trinajstić information content (AvgIpc) is 2.36.